The molecular weight excluding hydrogens is 278 g/mol. The second-order valence-corrected chi connectivity index (χ2v) is 4.71. The second kappa shape index (κ2) is 6.93. The fourth-order valence-electron chi connectivity index (χ4n) is 1.72. The first kappa shape index (κ1) is 14.4. The number of amides is 1. The zero-order valence-electron chi connectivity index (χ0n) is 10.7. The van der Waals surface area contributed by atoms with Gasteiger partial charge < -0.3 is 4.74 Å². The Hall–Kier alpha value is -2.04. The smallest absolute Gasteiger partial charge is 0.247 e. The Morgan fingerprint density at radius 1 is 1.15 bits per heavy atom. The molecule has 0 saturated carbocycles. The summed E-state index contributed by atoms with van der Waals surface area (Å²) in [7, 11) is 0. The SMILES string of the molecule is O=C(Cc1ccc(OCc2cccc(Cl)c2)cc1)NO. The van der Waals surface area contributed by atoms with Crippen LogP contribution in [-0.2, 0) is 17.8 Å². The van der Waals surface area contributed by atoms with Gasteiger partial charge in [0.25, 0.3) is 0 Å². The summed E-state index contributed by atoms with van der Waals surface area (Å²) in [6.45, 7) is 0.428. The zero-order valence-corrected chi connectivity index (χ0v) is 11.4. The molecule has 0 aliphatic carbocycles. The number of carbonyl (C=O) groups is 1. The summed E-state index contributed by atoms with van der Waals surface area (Å²) in [5.74, 6) is 0.260. The van der Waals surface area contributed by atoms with Crippen LogP contribution in [0.25, 0.3) is 0 Å². The summed E-state index contributed by atoms with van der Waals surface area (Å²) >= 11 is 5.90. The first-order valence-electron chi connectivity index (χ1n) is 6.06. The minimum atomic E-state index is -0.447. The van der Waals surface area contributed by atoms with Crippen LogP contribution in [0.4, 0.5) is 0 Å². The fourth-order valence-corrected chi connectivity index (χ4v) is 1.93. The van der Waals surface area contributed by atoms with E-state index in [0.29, 0.717) is 17.4 Å². The highest BCUT2D eigenvalue weighted by Crippen LogP contribution is 2.16. The molecular formula is C15H14ClNO3. The van der Waals surface area contributed by atoms with Gasteiger partial charge in [0.05, 0.1) is 6.42 Å². The van der Waals surface area contributed by atoms with E-state index in [4.69, 9.17) is 21.5 Å². The first-order valence-corrected chi connectivity index (χ1v) is 6.44. The van der Waals surface area contributed by atoms with Gasteiger partial charge in [-0.3, -0.25) is 10.0 Å². The monoisotopic (exact) mass is 291 g/mol. The zero-order chi connectivity index (χ0) is 14.4. The number of ether oxygens (including phenoxy) is 1. The maximum atomic E-state index is 11.0. The lowest BCUT2D eigenvalue weighted by Crippen LogP contribution is -2.20. The summed E-state index contributed by atoms with van der Waals surface area (Å²) in [4.78, 5) is 11.0. The normalized spacial score (nSPS) is 10.1. The van der Waals surface area contributed by atoms with Crippen molar-refractivity contribution in [2.45, 2.75) is 13.0 Å². The van der Waals surface area contributed by atoms with Gasteiger partial charge in [-0.15, -0.1) is 0 Å². The van der Waals surface area contributed by atoms with Crippen molar-refractivity contribution in [2.24, 2.45) is 0 Å². The summed E-state index contributed by atoms with van der Waals surface area (Å²) in [5, 5.41) is 9.13. The minimum absolute atomic E-state index is 0.130. The van der Waals surface area contributed by atoms with Gasteiger partial charge in [0.2, 0.25) is 5.91 Å². The van der Waals surface area contributed by atoms with E-state index >= 15 is 0 Å². The Morgan fingerprint density at radius 2 is 1.90 bits per heavy atom. The van der Waals surface area contributed by atoms with E-state index in [-0.39, 0.29) is 6.42 Å². The van der Waals surface area contributed by atoms with Crippen molar-refractivity contribution in [1.29, 1.82) is 0 Å². The van der Waals surface area contributed by atoms with Crippen LogP contribution in [0.15, 0.2) is 48.5 Å². The molecule has 2 aromatic rings. The van der Waals surface area contributed by atoms with Crippen molar-refractivity contribution in [3.05, 3.63) is 64.7 Å². The molecule has 0 heterocycles. The number of rotatable bonds is 5. The predicted molar refractivity (Wildman–Crippen MR) is 75.9 cm³/mol. The van der Waals surface area contributed by atoms with Crippen molar-refractivity contribution < 1.29 is 14.7 Å². The topological polar surface area (TPSA) is 58.6 Å². The molecule has 5 heteroatoms. The summed E-state index contributed by atoms with van der Waals surface area (Å²) in [6.07, 6.45) is 0.130. The number of hydrogen-bond donors (Lipinski definition) is 2. The lowest BCUT2D eigenvalue weighted by Gasteiger charge is -2.07. The Kier molecular flexibility index (Phi) is 4.98. The molecule has 0 aliphatic rings. The van der Waals surface area contributed by atoms with Crippen LogP contribution in [0, 0.1) is 0 Å². The van der Waals surface area contributed by atoms with Gasteiger partial charge in [-0.1, -0.05) is 35.9 Å². The minimum Gasteiger partial charge on any atom is -0.489 e. The van der Waals surface area contributed by atoms with Gasteiger partial charge in [0.15, 0.2) is 0 Å². The van der Waals surface area contributed by atoms with Crippen molar-refractivity contribution >= 4 is 17.5 Å². The van der Waals surface area contributed by atoms with Gasteiger partial charge >= 0.3 is 0 Å². The lowest BCUT2D eigenvalue weighted by molar-refractivity contribution is -0.128. The van der Waals surface area contributed by atoms with E-state index in [9.17, 15) is 4.79 Å². The fraction of sp³-hybridized carbons (Fsp3) is 0.133. The molecule has 2 N–H and O–H groups in total. The average molecular weight is 292 g/mol. The number of halogens is 1. The third kappa shape index (κ3) is 4.26. The molecule has 20 heavy (non-hydrogen) atoms. The number of nitrogens with one attached hydrogen (secondary N) is 1. The highest BCUT2D eigenvalue weighted by atomic mass is 35.5. The van der Waals surface area contributed by atoms with Crippen LogP contribution in [0.3, 0.4) is 0 Å². The maximum absolute atomic E-state index is 11.0. The largest absolute Gasteiger partial charge is 0.489 e. The molecule has 2 rings (SSSR count). The third-order valence-electron chi connectivity index (χ3n) is 2.71. The third-order valence-corrected chi connectivity index (χ3v) is 2.94. The van der Waals surface area contributed by atoms with Crippen LogP contribution in [0.2, 0.25) is 5.02 Å². The van der Waals surface area contributed by atoms with E-state index in [2.05, 4.69) is 0 Å². The van der Waals surface area contributed by atoms with E-state index < -0.39 is 5.91 Å². The number of benzene rings is 2. The van der Waals surface area contributed by atoms with Crippen molar-refractivity contribution in [2.75, 3.05) is 0 Å². The van der Waals surface area contributed by atoms with Crippen LogP contribution in [0.1, 0.15) is 11.1 Å². The molecule has 104 valence electrons. The quantitative estimate of drug-likeness (QED) is 0.658. The molecule has 1 amide bonds. The molecule has 2 aromatic carbocycles. The van der Waals surface area contributed by atoms with Gasteiger partial charge in [-0.25, -0.2) is 5.48 Å². The van der Waals surface area contributed by atoms with Gasteiger partial charge in [0.1, 0.15) is 12.4 Å². The summed E-state index contributed by atoms with van der Waals surface area (Å²) in [6, 6.07) is 14.6. The van der Waals surface area contributed by atoms with Crippen LogP contribution < -0.4 is 10.2 Å². The molecule has 0 saturated heterocycles. The standard InChI is InChI=1S/C15H14ClNO3/c16-13-3-1-2-12(8-13)10-20-14-6-4-11(5-7-14)9-15(18)17-19/h1-8,19H,9-10H2,(H,17,18). The van der Waals surface area contributed by atoms with Gasteiger partial charge in [0, 0.05) is 5.02 Å². The Labute approximate surface area is 121 Å². The molecule has 0 unspecified atom stereocenters. The van der Waals surface area contributed by atoms with Crippen molar-refractivity contribution in [3.8, 4) is 5.75 Å². The van der Waals surface area contributed by atoms with E-state index in [1.54, 1.807) is 29.7 Å². The van der Waals surface area contributed by atoms with Crippen LogP contribution in [0.5, 0.6) is 5.75 Å². The van der Waals surface area contributed by atoms with Crippen LogP contribution >= 0.6 is 11.6 Å². The number of carbonyl (C=O) groups excluding carboxylic acids is 1. The van der Waals surface area contributed by atoms with Gasteiger partial charge in [-0.2, -0.15) is 0 Å². The molecule has 0 radical (unpaired) electrons. The second-order valence-electron chi connectivity index (χ2n) is 4.27. The van der Waals surface area contributed by atoms with Gasteiger partial charge in [-0.05, 0) is 35.4 Å². The van der Waals surface area contributed by atoms with Crippen LogP contribution in [-0.4, -0.2) is 11.1 Å². The molecule has 0 atom stereocenters. The van der Waals surface area contributed by atoms with Crippen molar-refractivity contribution in [1.82, 2.24) is 5.48 Å². The molecule has 0 spiro atoms. The summed E-state index contributed by atoms with van der Waals surface area (Å²) in [5.41, 5.74) is 3.38. The first-order chi connectivity index (χ1) is 9.67. The Balaban J connectivity index is 1.92. The molecule has 0 bridgehead atoms. The Bertz CT molecular complexity index is 584. The number of hydrogen-bond acceptors (Lipinski definition) is 3. The highest BCUT2D eigenvalue weighted by Gasteiger charge is 2.02. The molecule has 0 fully saturated rings. The Morgan fingerprint density at radius 3 is 2.55 bits per heavy atom. The lowest BCUT2D eigenvalue weighted by atomic mass is 10.1. The van der Waals surface area contributed by atoms with E-state index in [0.717, 1.165) is 11.1 Å². The molecule has 4 nitrogen and oxygen atoms in total. The van der Waals surface area contributed by atoms with Crippen molar-refractivity contribution in [3.63, 3.8) is 0 Å². The average Bonchev–Trinajstić information content (AvgIpc) is 2.46. The summed E-state index contributed by atoms with van der Waals surface area (Å²) < 4.78 is 5.62. The highest BCUT2D eigenvalue weighted by molar-refractivity contribution is 6.30. The van der Waals surface area contributed by atoms with E-state index in [1.165, 1.54) is 0 Å². The van der Waals surface area contributed by atoms with E-state index in [1.807, 2.05) is 24.3 Å². The molecule has 0 aromatic heterocycles. The number of hydroxylamine groups is 1. The maximum Gasteiger partial charge on any atom is 0.247 e. The molecule has 0 aliphatic heterocycles. The predicted octanol–water partition coefficient (Wildman–Crippen LogP) is 2.97.